The first-order chi connectivity index (χ1) is 5.63. The van der Waals surface area contributed by atoms with Crippen LogP contribution in [0, 0.1) is 0 Å². The lowest BCUT2D eigenvalue weighted by atomic mass is 10.0. The van der Waals surface area contributed by atoms with Gasteiger partial charge in [-0.15, -0.1) is 0 Å². The van der Waals surface area contributed by atoms with Gasteiger partial charge in [-0.3, -0.25) is 0 Å². The van der Waals surface area contributed by atoms with E-state index >= 15 is 0 Å². The monoisotopic (exact) mass is 162 g/mol. The fourth-order valence-corrected chi connectivity index (χ4v) is 0.848. The highest BCUT2D eigenvalue weighted by molar-refractivity contribution is 5.39. The molecule has 0 aliphatic heterocycles. The van der Waals surface area contributed by atoms with Crippen molar-refractivity contribution < 1.29 is 0 Å². The van der Waals surface area contributed by atoms with E-state index in [-0.39, 0.29) is 0 Å². The van der Waals surface area contributed by atoms with Gasteiger partial charge in [0.25, 0.3) is 0 Å². The normalized spacial score (nSPS) is 12.9. The molecule has 0 aliphatic rings. The van der Waals surface area contributed by atoms with Crippen LogP contribution in [0.15, 0.2) is 48.1 Å². The maximum absolute atomic E-state index is 3.97. The Kier molecular flexibility index (Phi) is 5.11. The van der Waals surface area contributed by atoms with Crippen LogP contribution in [0.2, 0.25) is 0 Å². The molecule has 0 heteroatoms. The molecule has 0 amide bonds. The Morgan fingerprint density at radius 3 is 2.33 bits per heavy atom. The van der Waals surface area contributed by atoms with Crippen LogP contribution in [0.1, 0.15) is 27.2 Å². The Hall–Kier alpha value is -1.04. The van der Waals surface area contributed by atoms with Crippen molar-refractivity contribution in [3.63, 3.8) is 0 Å². The molecule has 0 unspecified atom stereocenters. The minimum atomic E-state index is 1.08. The lowest BCUT2D eigenvalue weighted by molar-refractivity contribution is 1.06. The van der Waals surface area contributed by atoms with Crippen molar-refractivity contribution in [1.82, 2.24) is 0 Å². The molecule has 0 N–H and O–H groups in total. The van der Waals surface area contributed by atoms with Crippen molar-refractivity contribution in [2.75, 3.05) is 0 Å². The van der Waals surface area contributed by atoms with Gasteiger partial charge >= 0.3 is 0 Å². The molecule has 0 atom stereocenters. The quantitative estimate of drug-likeness (QED) is 0.547. The zero-order valence-corrected chi connectivity index (χ0v) is 8.35. The minimum absolute atomic E-state index is 1.08. The van der Waals surface area contributed by atoms with E-state index in [2.05, 4.69) is 33.9 Å². The van der Waals surface area contributed by atoms with E-state index in [9.17, 15) is 0 Å². The number of allylic oxidation sites excluding steroid dienone is 6. The molecule has 0 bridgehead atoms. The van der Waals surface area contributed by atoms with E-state index in [4.69, 9.17) is 0 Å². The molecule has 0 aromatic rings. The maximum Gasteiger partial charge on any atom is -0.0300 e. The Morgan fingerprint density at radius 1 is 1.33 bits per heavy atom. The average Bonchev–Trinajstić information content (AvgIpc) is 2.11. The topological polar surface area (TPSA) is 0 Å². The number of hydrogen-bond donors (Lipinski definition) is 0. The molecule has 12 heavy (non-hydrogen) atoms. The summed E-state index contributed by atoms with van der Waals surface area (Å²) in [5.41, 5.74) is 3.76. The van der Waals surface area contributed by atoms with Crippen molar-refractivity contribution in [3.05, 3.63) is 48.1 Å². The Balaban J connectivity index is 4.49. The first-order valence-corrected chi connectivity index (χ1v) is 4.28. The molecule has 0 heterocycles. The van der Waals surface area contributed by atoms with Crippen LogP contribution in [0.4, 0.5) is 0 Å². The molecular weight excluding hydrogens is 144 g/mol. The van der Waals surface area contributed by atoms with Crippen LogP contribution in [0.5, 0.6) is 0 Å². The van der Waals surface area contributed by atoms with Crippen LogP contribution in [0.3, 0.4) is 0 Å². The highest BCUT2D eigenvalue weighted by Gasteiger charge is 1.95. The van der Waals surface area contributed by atoms with Gasteiger partial charge in [0.15, 0.2) is 0 Å². The van der Waals surface area contributed by atoms with Gasteiger partial charge < -0.3 is 0 Å². The summed E-state index contributed by atoms with van der Waals surface area (Å²) in [6, 6.07) is 0. The zero-order valence-electron chi connectivity index (χ0n) is 8.35. The summed E-state index contributed by atoms with van der Waals surface area (Å²) in [5.74, 6) is 0. The van der Waals surface area contributed by atoms with E-state index < -0.39 is 0 Å². The molecule has 0 saturated heterocycles. The van der Waals surface area contributed by atoms with Crippen LogP contribution < -0.4 is 0 Å². The van der Waals surface area contributed by atoms with Crippen LogP contribution in [-0.4, -0.2) is 0 Å². The van der Waals surface area contributed by atoms with Crippen LogP contribution >= 0.6 is 0 Å². The molecule has 66 valence electrons. The van der Waals surface area contributed by atoms with E-state index in [1.54, 1.807) is 6.08 Å². The van der Waals surface area contributed by atoms with E-state index in [0.717, 1.165) is 12.0 Å². The molecule has 0 aliphatic carbocycles. The van der Waals surface area contributed by atoms with Crippen molar-refractivity contribution >= 4 is 0 Å². The fraction of sp³-hybridized carbons (Fsp3) is 0.333. The van der Waals surface area contributed by atoms with E-state index in [1.165, 1.54) is 11.1 Å². The van der Waals surface area contributed by atoms with Gasteiger partial charge in [-0.05, 0) is 31.4 Å². The van der Waals surface area contributed by atoms with Gasteiger partial charge in [0.1, 0.15) is 0 Å². The zero-order chi connectivity index (χ0) is 9.56. The summed E-state index contributed by atoms with van der Waals surface area (Å²) in [5, 5.41) is 0. The predicted octanol–water partition coefficient (Wildman–Crippen LogP) is 4.03. The fourth-order valence-electron chi connectivity index (χ4n) is 0.848. The van der Waals surface area contributed by atoms with E-state index in [0.29, 0.717) is 0 Å². The van der Waals surface area contributed by atoms with Crippen molar-refractivity contribution in [2.24, 2.45) is 0 Å². The molecule has 0 aromatic heterocycles. The highest BCUT2D eigenvalue weighted by atomic mass is 14.0. The standard InChI is InChI=1S/C12H18/c1-6-8-9-11(4)12(5)10(3)7-2/h6,8-9H,1,4,7H2,2-3,5H3/b9-8-,12-10-. The Morgan fingerprint density at radius 2 is 1.92 bits per heavy atom. The lowest BCUT2D eigenvalue weighted by Gasteiger charge is -2.04. The second-order valence-electron chi connectivity index (χ2n) is 2.88. The Labute approximate surface area is 76.0 Å². The maximum atomic E-state index is 3.97. The predicted molar refractivity (Wildman–Crippen MR) is 57.1 cm³/mol. The lowest BCUT2D eigenvalue weighted by Crippen LogP contribution is -1.84. The van der Waals surface area contributed by atoms with Crippen molar-refractivity contribution in [2.45, 2.75) is 27.2 Å². The molecule has 0 saturated carbocycles. The second-order valence-corrected chi connectivity index (χ2v) is 2.88. The van der Waals surface area contributed by atoms with Gasteiger partial charge in [0.05, 0.1) is 0 Å². The molecule has 0 fully saturated rings. The first kappa shape index (κ1) is 11.0. The van der Waals surface area contributed by atoms with Crippen LogP contribution in [-0.2, 0) is 0 Å². The first-order valence-electron chi connectivity index (χ1n) is 4.28. The summed E-state index contributed by atoms with van der Waals surface area (Å²) < 4.78 is 0. The molecule has 0 radical (unpaired) electrons. The van der Waals surface area contributed by atoms with E-state index in [1.807, 2.05) is 12.2 Å². The number of rotatable bonds is 4. The largest absolute Gasteiger partial charge is 0.0991 e. The number of hydrogen-bond acceptors (Lipinski definition) is 0. The summed E-state index contributed by atoms with van der Waals surface area (Å²) in [6.07, 6.45) is 6.75. The third-order valence-corrected chi connectivity index (χ3v) is 2.09. The SMILES string of the molecule is C=C/C=C\C(=C)/C(C)=C(/C)CC. The van der Waals surface area contributed by atoms with Gasteiger partial charge in [-0.25, -0.2) is 0 Å². The molecule has 0 rings (SSSR count). The summed E-state index contributed by atoms with van der Waals surface area (Å²) in [7, 11) is 0. The molecule has 0 aromatic carbocycles. The summed E-state index contributed by atoms with van der Waals surface area (Å²) >= 11 is 0. The summed E-state index contributed by atoms with van der Waals surface area (Å²) in [6.45, 7) is 14.0. The Bertz CT molecular complexity index is 226. The van der Waals surface area contributed by atoms with Gasteiger partial charge in [-0.1, -0.05) is 43.9 Å². The molecule has 0 nitrogen and oxygen atoms in total. The third-order valence-electron chi connectivity index (χ3n) is 2.09. The smallest absolute Gasteiger partial charge is 0.0300 e. The van der Waals surface area contributed by atoms with Gasteiger partial charge in [0, 0.05) is 0 Å². The van der Waals surface area contributed by atoms with Crippen molar-refractivity contribution in [1.29, 1.82) is 0 Å². The molecule has 0 spiro atoms. The van der Waals surface area contributed by atoms with Gasteiger partial charge in [-0.2, -0.15) is 0 Å². The van der Waals surface area contributed by atoms with Gasteiger partial charge in [0.2, 0.25) is 0 Å². The third kappa shape index (κ3) is 3.38. The summed E-state index contributed by atoms with van der Waals surface area (Å²) in [4.78, 5) is 0. The van der Waals surface area contributed by atoms with Crippen LogP contribution in [0.25, 0.3) is 0 Å². The highest BCUT2D eigenvalue weighted by Crippen LogP contribution is 2.15. The van der Waals surface area contributed by atoms with Crippen molar-refractivity contribution in [3.8, 4) is 0 Å². The second kappa shape index (κ2) is 5.59. The molecular formula is C12H18. The average molecular weight is 162 g/mol. The minimum Gasteiger partial charge on any atom is -0.0991 e.